The van der Waals surface area contributed by atoms with Gasteiger partial charge in [0.15, 0.2) is 0 Å². The lowest BCUT2D eigenvalue weighted by Crippen LogP contribution is -1.91. The maximum atomic E-state index is 2.23. The Morgan fingerprint density at radius 3 is 1.74 bits per heavy atom. The molecule has 0 saturated carbocycles. The van der Waals surface area contributed by atoms with Gasteiger partial charge in [-0.25, -0.2) is 0 Å². The van der Waals surface area contributed by atoms with E-state index in [0.29, 0.717) is 0 Å². The molecular weight excluding hydrogens is 276 g/mol. The van der Waals surface area contributed by atoms with Gasteiger partial charge in [-0.15, -0.1) is 0 Å². The minimum atomic E-state index is 1.08. The molecule has 0 aliphatic heterocycles. The summed E-state index contributed by atoms with van der Waals surface area (Å²) in [6.07, 6.45) is 5.53. The fourth-order valence-electron chi connectivity index (χ4n) is 3.20. The Morgan fingerprint density at radius 2 is 1.09 bits per heavy atom. The van der Waals surface area contributed by atoms with E-state index in [1.807, 2.05) is 0 Å². The summed E-state index contributed by atoms with van der Waals surface area (Å²) in [5.41, 5.74) is 2.81. The lowest BCUT2D eigenvalue weighted by molar-refractivity contribution is 1.29. The topological polar surface area (TPSA) is 0 Å². The van der Waals surface area contributed by atoms with E-state index in [0.717, 1.165) is 6.42 Å². The highest BCUT2D eigenvalue weighted by atomic mass is 14.1. The van der Waals surface area contributed by atoms with Gasteiger partial charge in [0.05, 0.1) is 0 Å². The first-order valence-corrected chi connectivity index (χ1v) is 8.03. The van der Waals surface area contributed by atoms with E-state index in [2.05, 4.69) is 97.1 Å². The maximum absolute atomic E-state index is 2.23. The summed E-state index contributed by atoms with van der Waals surface area (Å²) < 4.78 is 0. The Labute approximate surface area is 136 Å². The first kappa shape index (κ1) is 13.8. The lowest BCUT2D eigenvalue weighted by Gasteiger charge is -2.11. The van der Waals surface area contributed by atoms with Crippen LogP contribution in [0.25, 0.3) is 27.6 Å². The van der Waals surface area contributed by atoms with Gasteiger partial charge in [0.1, 0.15) is 0 Å². The number of hydrogen-bond acceptors (Lipinski definition) is 0. The van der Waals surface area contributed by atoms with E-state index in [9.17, 15) is 0 Å². The summed E-state index contributed by atoms with van der Waals surface area (Å²) in [4.78, 5) is 0. The van der Waals surface area contributed by atoms with E-state index < -0.39 is 0 Å². The third kappa shape index (κ3) is 2.76. The third-order valence-electron chi connectivity index (χ3n) is 4.32. The molecule has 5 rings (SSSR count). The number of allylic oxidation sites excluding steroid dienone is 1. The summed E-state index contributed by atoms with van der Waals surface area (Å²) in [5.74, 6) is 0. The predicted molar refractivity (Wildman–Crippen MR) is 101 cm³/mol. The molecule has 0 unspecified atom stereocenters. The SMILES string of the molecule is C1=Cc2cccc3cccc(c23)C1.c1ccc2ccccc2c1. The van der Waals surface area contributed by atoms with Crippen molar-refractivity contribution in [3.05, 3.63) is 102 Å². The third-order valence-corrected chi connectivity index (χ3v) is 4.32. The van der Waals surface area contributed by atoms with E-state index in [1.165, 1.54) is 32.7 Å². The largest absolute Gasteiger partial charge is 0.0795 e. The molecule has 23 heavy (non-hydrogen) atoms. The van der Waals surface area contributed by atoms with Crippen molar-refractivity contribution >= 4 is 27.6 Å². The van der Waals surface area contributed by atoms with Gasteiger partial charge in [0, 0.05) is 0 Å². The second-order valence-corrected chi connectivity index (χ2v) is 5.82. The number of fused-ring (bicyclic) bond motifs is 1. The van der Waals surface area contributed by atoms with Crippen molar-refractivity contribution < 1.29 is 0 Å². The van der Waals surface area contributed by atoms with Crippen LogP contribution in [0.4, 0.5) is 0 Å². The van der Waals surface area contributed by atoms with E-state index >= 15 is 0 Å². The second-order valence-electron chi connectivity index (χ2n) is 5.82. The van der Waals surface area contributed by atoms with Gasteiger partial charge in [0.2, 0.25) is 0 Å². The molecule has 110 valence electrons. The fraction of sp³-hybridized carbons (Fsp3) is 0.0435. The van der Waals surface area contributed by atoms with Crippen LogP contribution < -0.4 is 0 Å². The van der Waals surface area contributed by atoms with Crippen LogP contribution in [-0.2, 0) is 6.42 Å². The maximum Gasteiger partial charge on any atom is -0.00763 e. The van der Waals surface area contributed by atoms with Crippen molar-refractivity contribution in [2.75, 3.05) is 0 Å². The van der Waals surface area contributed by atoms with Crippen LogP contribution in [0.3, 0.4) is 0 Å². The van der Waals surface area contributed by atoms with Crippen molar-refractivity contribution in [1.29, 1.82) is 0 Å². The standard InChI is InChI=1S/C13H10.C10H8/c1-4-10-6-2-8-12-9-3-7-11(5-1)13(10)12;1-2-6-10-8-4-3-7-9(10)5-1/h1-8H,9H2;1-8H. The van der Waals surface area contributed by atoms with Gasteiger partial charge >= 0.3 is 0 Å². The first-order chi connectivity index (χ1) is 11.4. The van der Waals surface area contributed by atoms with Crippen LogP contribution in [0.1, 0.15) is 11.1 Å². The Bertz CT molecular complexity index is 922. The van der Waals surface area contributed by atoms with Crippen LogP contribution in [0.15, 0.2) is 91.0 Å². The van der Waals surface area contributed by atoms with Crippen molar-refractivity contribution in [2.24, 2.45) is 0 Å². The molecule has 0 radical (unpaired) electrons. The van der Waals surface area contributed by atoms with Crippen molar-refractivity contribution in [3.63, 3.8) is 0 Å². The average molecular weight is 294 g/mol. The molecule has 0 N–H and O–H groups in total. The zero-order valence-electron chi connectivity index (χ0n) is 12.9. The van der Waals surface area contributed by atoms with Gasteiger partial charge in [0.25, 0.3) is 0 Å². The molecule has 0 nitrogen and oxygen atoms in total. The molecule has 1 aliphatic carbocycles. The highest BCUT2D eigenvalue weighted by molar-refractivity contribution is 5.94. The zero-order valence-corrected chi connectivity index (χ0v) is 12.9. The predicted octanol–water partition coefficient (Wildman–Crippen LogP) is 6.25. The van der Waals surface area contributed by atoms with Crippen LogP contribution in [0.2, 0.25) is 0 Å². The molecular formula is C23H18. The van der Waals surface area contributed by atoms with Crippen LogP contribution in [-0.4, -0.2) is 0 Å². The summed E-state index contributed by atoms with van der Waals surface area (Å²) in [7, 11) is 0. The monoisotopic (exact) mass is 294 g/mol. The molecule has 0 atom stereocenters. The molecule has 0 bridgehead atoms. The molecule has 4 aromatic carbocycles. The molecule has 1 aliphatic rings. The van der Waals surface area contributed by atoms with E-state index in [4.69, 9.17) is 0 Å². The molecule has 0 aromatic heterocycles. The highest BCUT2D eigenvalue weighted by Crippen LogP contribution is 2.27. The summed E-state index contributed by atoms with van der Waals surface area (Å²) in [6.45, 7) is 0. The quantitative estimate of drug-likeness (QED) is 0.359. The molecule has 0 heterocycles. The summed E-state index contributed by atoms with van der Waals surface area (Å²) in [6, 6.07) is 29.7. The number of hydrogen-bond donors (Lipinski definition) is 0. The molecule has 4 aromatic rings. The zero-order chi connectivity index (χ0) is 15.5. The minimum Gasteiger partial charge on any atom is -0.0795 e. The second kappa shape index (κ2) is 6.10. The van der Waals surface area contributed by atoms with Crippen molar-refractivity contribution in [2.45, 2.75) is 6.42 Å². The summed E-state index contributed by atoms with van der Waals surface area (Å²) >= 11 is 0. The Morgan fingerprint density at radius 1 is 0.522 bits per heavy atom. The van der Waals surface area contributed by atoms with Crippen LogP contribution >= 0.6 is 0 Å². The fourth-order valence-corrected chi connectivity index (χ4v) is 3.20. The van der Waals surface area contributed by atoms with Crippen molar-refractivity contribution in [1.82, 2.24) is 0 Å². The smallest absolute Gasteiger partial charge is 0.00763 e. The summed E-state index contributed by atoms with van der Waals surface area (Å²) in [5, 5.41) is 5.42. The van der Waals surface area contributed by atoms with Crippen molar-refractivity contribution in [3.8, 4) is 0 Å². The van der Waals surface area contributed by atoms with Gasteiger partial charge in [-0.3, -0.25) is 0 Å². The first-order valence-electron chi connectivity index (χ1n) is 8.03. The van der Waals surface area contributed by atoms with Gasteiger partial charge in [-0.1, -0.05) is 97.1 Å². The van der Waals surface area contributed by atoms with Gasteiger partial charge < -0.3 is 0 Å². The van der Waals surface area contributed by atoms with E-state index in [-0.39, 0.29) is 0 Å². The van der Waals surface area contributed by atoms with Crippen LogP contribution in [0.5, 0.6) is 0 Å². The van der Waals surface area contributed by atoms with Gasteiger partial charge in [-0.2, -0.15) is 0 Å². The molecule has 0 amide bonds. The Balaban J connectivity index is 0.000000122. The molecule has 0 fully saturated rings. The lowest BCUT2D eigenvalue weighted by atomic mass is 9.93. The normalized spacial score (nSPS) is 12.0. The molecule has 0 heteroatoms. The Kier molecular flexibility index (Phi) is 3.65. The number of benzene rings is 4. The van der Waals surface area contributed by atoms with E-state index in [1.54, 1.807) is 0 Å². The molecule has 0 saturated heterocycles. The average Bonchev–Trinajstić information content (AvgIpc) is 2.63. The molecule has 0 spiro atoms. The highest BCUT2D eigenvalue weighted by Gasteiger charge is 2.06. The van der Waals surface area contributed by atoms with Gasteiger partial charge in [-0.05, 0) is 39.1 Å². The number of rotatable bonds is 0. The minimum absolute atomic E-state index is 1.08. The Hall–Kier alpha value is -2.86. The van der Waals surface area contributed by atoms with Crippen LogP contribution in [0, 0.1) is 0 Å².